The fourth-order valence-corrected chi connectivity index (χ4v) is 1.72. The van der Waals surface area contributed by atoms with Crippen molar-refractivity contribution in [3.8, 4) is 11.1 Å². The minimum atomic E-state index is -0.0266. The maximum Gasteiger partial charge on any atom is 0.217 e. The monoisotopic (exact) mass is 224 g/mol. The fraction of sp³-hybridized carbons (Fsp3) is 0.133. The smallest absolute Gasteiger partial charge is 0.217 e. The molecule has 0 aliphatic rings. The van der Waals surface area contributed by atoms with Crippen molar-refractivity contribution in [3.63, 3.8) is 0 Å². The van der Waals surface area contributed by atoms with Crippen molar-refractivity contribution in [2.75, 3.05) is 0 Å². The second-order valence-corrected chi connectivity index (χ2v) is 3.84. The van der Waals surface area contributed by atoms with Crippen LogP contribution in [-0.4, -0.2) is 5.91 Å². The van der Waals surface area contributed by atoms with Crippen molar-refractivity contribution in [1.82, 2.24) is 5.32 Å². The zero-order valence-corrected chi connectivity index (χ0v) is 9.73. The third-order valence-electron chi connectivity index (χ3n) is 2.54. The molecule has 2 nitrogen and oxygen atoms in total. The molecule has 0 unspecified atom stereocenters. The predicted octanol–water partition coefficient (Wildman–Crippen LogP) is 2.79. The molecule has 2 rings (SSSR count). The minimum absolute atomic E-state index is 0.0266. The molecule has 0 aliphatic carbocycles. The van der Waals surface area contributed by atoms with Crippen molar-refractivity contribution in [3.05, 3.63) is 60.2 Å². The number of rotatable bonds is 3. The van der Waals surface area contributed by atoms with Gasteiger partial charge in [0.25, 0.3) is 0 Å². The number of benzene rings is 2. The number of nitrogens with one attached hydrogen (secondary N) is 1. The van der Waals surface area contributed by atoms with Crippen LogP contribution in [-0.2, 0) is 11.3 Å². The van der Waals surface area contributed by atoms with E-state index in [-0.39, 0.29) is 5.91 Å². The largest absolute Gasteiger partial charge is 0.352 e. The number of carbonyl (C=O) groups is 1. The highest BCUT2D eigenvalue weighted by atomic mass is 16.1. The van der Waals surface area contributed by atoms with Gasteiger partial charge in [-0.05, 0) is 22.8 Å². The molecule has 0 aliphatic heterocycles. The summed E-state index contributed by atoms with van der Waals surface area (Å²) in [5, 5.41) is 2.80. The van der Waals surface area contributed by atoms with Gasteiger partial charge in [0.2, 0.25) is 5.91 Å². The van der Waals surface area contributed by atoms with E-state index in [1.54, 1.807) is 0 Å². The Morgan fingerprint density at radius 1 is 1.18 bits per heavy atom. The van der Waals surface area contributed by atoms with Gasteiger partial charge in [0.15, 0.2) is 0 Å². The van der Waals surface area contributed by atoms with Crippen LogP contribution in [0.2, 0.25) is 0 Å². The average molecular weight is 224 g/mol. The summed E-state index contributed by atoms with van der Waals surface area (Å²) in [7, 11) is 0. The van der Waals surface area contributed by atoms with Crippen molar-refractivity contribution in [1.29, 1.82) is 0 Å². The van der Waals surface area contributed by atoms with Crippen LogP contribution in [0.1, 0.15) is 12.5 Å². The van der Waals surface area contributed by atoms with Crippen molar-refractivity contribution < 1.29 is 4.79 Å². The lowest BCUT2D eigenvalue weighted by molar-refractivity contribution is -0.119. The standard InChI is InChI=1S/C15H14NO/c1-12(17)16-11-14-9-5-6-10-15(14)13-7-3-2-4-8-13/h2-8,10H,11H2,1H3,(H,16,17). The molecule has 2 aromatic carbocycles. The molecule has 0 heterocycles. The van der Waals surface area contributed by atoms with Gasteiger partial charge in [0.1, 0.15) is 0 Å². The zero-order valence-electron chi connectivity index (χ0n) is 9.73. The Morgan fingerprint density at radius 2 is 1.94 bits per heavy atom. The second-order valence-electron chi connectivity index (χ2n) is 3.84. The van der Waals surface area contributed by atoms with Gasteiger partial charge >= 0.3 is 0 Å². The first kappa shape index (κ1) is 11.4. The average Bonchev–Trinajstić information content (AvgIpc) is 2.38. The first-order valence-corrected chi connectivity index (χ1v) is 5.57. The highest BCUT2D eigenvalue weighted by molar-refractivity contribution is 5.73. The van der Waals surface area contributed by atoms with Crippen LogP contribution in [0.25, 0.3) is 11.1 Å². The molecule has 1 radical (unpaired) electrons. The Hall–Kier alpha value is -2.09. The molecule has 0 bridgehead atoms. The van der Waals surface area contributed by atoms with E-state index in [1.165, 1.54) is 6.92 Å². The minimum Gasteiger partial charge on any atom is -0.352 e. The van der Waals surface area contributed by atoms with Gasteiger partial charge < -0.3 is 5.32 Å². The van der Waals surface area contributed by atoms with Gasteiger partial charge in [-0.15, -0.1) is 0 Å². The van der Waals surface area contributed by atoms with Gasteiger partial charge in [-0.25, -0.2) is 0 Å². The third kappa shape index (κ3) is 2.94. The maximum atomic E-state index is 10.9. The van der Waals surface area contributed by atoms with Gasteiger partial charge in [-0.2, -0.15) is 0 Å². The van der Waals surface area contributed by atoms with E-state index >= 15 is 0 Å². The molecule has 0 atom stereocenters. The second kappa shape index (κ2) is 5.30. The summed E-state index contributed by atoms with van der Waals surface area (Å²) < 4.78 is 0. The van der Waals surface area contributed by atoms with Crippen LogP contribution >= 0.6 is 0 Å². The normalized spacial score (nSPS) is 9.94. The van der Waals surface area contributed by atoms with E-state index in [0.29, 0.717) is 6.54 Å². The molecule has 0 saturated heterocycles. The Kier molecular flexibility index (Phi) is 3.55. The van der Waals surface area contributed by atoms with Crippen molar-refractivity contribution in [2.45, 2.75) is 13.5 Å². The van der Waals surface area contributed by atoms with Gasteiger partial charge in [0, 0.05) is 13.5 Å². The molecule has 1 amide bonds. The van der Waals surface area contributed by atoms with Crippen LogP contribution in [0.5, 0.6) is 0 Å². The molecule has 0 fully saturated rings. The summed E-state index contributed by atoms with van der Waals surface area (Å²) in [4.78, 5) is 10.9. The molecule has 0 aromatic heterocycles. The predicted molar refractivity (Wildman–Crippen MR) is 68.2 cm³/mol. The number of hydrogen-bond donors (Lipinski definition) is 1. The molecule has 17 heavy (non-hydrogen) atoms. The zero-order chi connectivity index (χ0) is 12.1. The molecule has 85 valence electrons. The lowest BCUT2D eigenvalue weighted by atomic mass is 10.00. The maximum absolute atomic E-state index is 10.9. The van der Waals surface area contributed by atoms with Crippen LogP contribution in [0.4, 0.5) is 0 Å². The molecule has 2 aromatic rings. The quantitative estimate of drug-likeness (QED) is 0.853. The Morgan fingerprint density at radius 3 is 2.65 bits per heavy atom. The van der Waals surface area contributed by atoms with Gasteiger partial charge in [0.05, 0.1) is 0 Å². The van der Waals surface area contributed by atoms with E-state index in [2.05, 4.69) is 23.5 Å². The first-order valence-electron chi connectivity index (χ1n) is 5.57. The SMILES string of the molecule is CC(=O)NCc1[c]cccc1-c1ccccc1. The number of hydrogen-bond acceptors (Lipinski definition) is 1. The highest BCUT2D eigenvalue weighted by Crippen LogP contribution is 2.22. The number of amides is 1. The number of carbonyl (C=O) groups excluding carboxylic acids is 1. The van der Waals surface area contributed by atoms with E-state index in [4.69, 9.17) is 0 Å². The molecule has 0 saturated carbocycles. The topological polar surface area (TPSA) is 29.1 Å². The highest BCUT2D eigenvalue weighted by Gasteiger charge is 2.04. The summed E-state index contributed by atoms with van der Waals surface area (Å²) in [5.41, 5.74) is 3.26. The summed E-state index contributed by atoms with van der Waals surface area (Å²) in [6.45, 7) is 2.03. The Bertz CT molecular complexity index is 505. The van der Waals surface area contributed by atoms with Crippen LogP contribution < -0.4 is 5.32 Å². The first-order chi connectivity index (χ1) is 8.27. The molecular formula is C15H14NO. The van der Waals surface area contributed by atoms with Crippen LogP contribution in [0, 0.1) is 6.07 Å². The fourth-order valence-electron chi connectivity index (χ4n) is 1.72. The van der Waals surface area contributed by atoms with Gasteiger partial charge in [-0.1, -0.05) is 48.5 Å². The molecule has 2 heteroatoms. The van der Waals surface area contributed by atoms with Crippen molar-refractivity contribution in [2.24, 2.45) is 0 Å². The van der Waals surface area contributed by atoms with Crippen LogP contribution in [0.15, 0.2) is 48.5 Å². The Labute approximate surface area is 101 Å². The van der Waals surface area contributed by atoms with Crippen LogP contribution in [0.3, 0.4) is 0 Å². The van der Waals surface area contributed by atoms with E-state index in [9.17, 15) is 4.79 Å². The van der Waals surface area contributed by atoms with E-state index < -0.39 is 0 Å². The summed E-state index contributed by atoms with van der Waals surface area (Å²) in [5.74, 6) is -0.0266. The molecule has 1 N–H and O–H groups in total. The van der Waals surface area contributed by atoms with E-state index in [1.807, 2.05) is 36.4 Å². The van der Waals surface area contributed by atoms with Gasteiger partial charge in [-0.3, -0.25) is 4.79 Å². The summed E-state index contributed by atoms with van der Waals surface area (Å²) in [6.07, 6.45) is 0. The van der Waals surface area contributed by atoms with Crippen molar-refractivity contribution >= 4 is 5.91 Å². The molecule has 0 spiro atoms. The van der Waals surface area contributed by atoms with E-state index in [0.717, 1.165) is 16.7 Å². The Balaban J connectivity index is 2.31. The molecular weight excluding hydrogens is 210 g/mol. The summed E-state index contributed by atoms with van der Waals surface area (Å²) in [6, 6.07) is 19.2. The third-order valence-corrected chi connectivity index (χ3v) is 2.54. The lowest BCUT2D eigenvalue weighted by Crippen LogP contribution is -2.19. The summed E-state index contributed by atoms with van der Waals surface area (Å²) >= 11 is 0. The lowest BCUT2D eigenvalue weighted by Gasteiger charge is -2.09.